The van der Waals surface area contributed by atoms with Gasteiger partial charge in [-0.25, -0.2) is 9.37 Å². The minimum Gasteiger partial charge on any atom is -0.298 e. The predicted molar refractivity (Wildman–Crippen MR) is 115 cm³/mol. The van der Waals surface area contributed by atoms with E-state index in [-0.39, 0.29) is 23.9 Å². The van der Waals surface area contributed by atoms with Crippen LogP contribution in [0.25, 0.3) is 21.7 Å². The Morgan fingerprint density at radius 2 is 1.50 bits per heavy atom. The van der Waals surface area contributed by atoms with Crippen LogP contribution in [0.1, 0.15) is 10.4 Å². The van der Waals surface area contributed by atoms with Crippen molar-refractivity contribution in [2.45, 2.75) is 0 Å². The zero-order valence-electron chi connectivity index (χ0n) is 14.6. The fourth-order valence-electron chi connectivity index (χ4n) is 2.75. The second kappa shape index (κ2) is 8.78. The molecule has 0 saturated carbocycles. The molecule has 0 spiro atoms. The lowest BCUT2D eigenvalue weighted by atomic mass is 10.1. The fourth-order valence-corrected chi connectivity index (χ4v) is 3.74. The van der Waals surface area contributed by atoms with Crippen LogP contribution in [0.15, 0.2) is 84.9 Å². The van der Waals surface area contributed by atoms with E-state index in [4.69, 9.17) is 0 Å². The maximum atomic E-state index is 13.4. The summed E-state index contributed by atoms with van der Waals surface area (Å²) < 4.78 is 13.4. The molecule has 0 aliphatic heterocycles. The maximum Gasteiger partial charge on any atom is 0.257 e. The van der Waals surface area contributed by atoms with Gasteiger partial charge in [0, 0.05) is 11.1 Å². The normalized spacial score (nSPS) is 10.2. The van der Waals surface area contributed by atoms with Crippen molar-refractivity contribution in [2.75, 3.05) is 5.32 Å². The standard InChI is InChI=1S/C22H15FN2OS.ClH/c23-18-13-7-12-17(14-18)21(26)25-22-24-19(15-8-3-1-4-9-15)20(27-22)16-10-5-2-6-11-16;/h1-14H,(H,24,25,26);1H. The van der Waals surface area contributed by atoms with Crippen LogP contribution in [0.2, 0.25) is 0 Å². The van der Waals surface area contributed by atoms with Crippen LogP contribution < -0.4 is 5.32 Å². The molecular formula is C22H16ClFN2OS. The molecule has 1 N–H and O–H groups in total. The third kappa shape index (κ3) is 4.27. The number of nitrogens with zero attached hydrogens (tertiary/aromatic N) is 1. The fraction of sp³-hybridized carbons (Fsp3) is 0. The lowest BCUT2D eigenvalue weighted by molar-refractivity contribution is 0.102. The number of nitrogens with one attached hydrogen (secondary N) is 1. The average Bonchev–Trinajstić information content (AvgIpc) is 3.13. The smallest absolute Gasteiger partial charge is 0.257 e. The SMILES string of the molecule is Cl.O=C(Nc1nc(-c2ccccc2)c(-c2ccccc2)s1)c1cccc(F)c1. The molecule has 3 nitrogen and oxygen atoms in total. The molecule has 0 aliphatic carbocycles. The van der Waals surface area contributed by atoms with Crippen LogP contribution >= 0.6 is 23.7 Å². The molecule has 0 fully saturated rings. The summed E-state index contributed by atoms with van der Waals surface area (Å²) in [6, 6.07) is 25.3. The van der Waals surface area contributed by atoms with Crippen LogP contribution in [-0.2, 0) is 0 Å². The Kier molecular flexibility index (Phi) is 6.19. The van der Waals surface area contributed by atoms with Gasteiger partial charge in [-0.3, -0.25) is 10.1 Å². The number of thiazole rings is 1. The van der Waals surface area contributed by atoms with Crippen LogP contribution in [0.3, 0.4) is 0 Å². The van der Waals surface area contributed by atoms with Crippen molar-refractivity contribution in [3.63, 3.8) is 0 Å². The molecule has 4 aromatic rings. The highest BCUT2D eigenvalue weighted by Gasteiger charge is 2.17. The number of aromatic nitrogens is 1. The first kappa shape index (κ1) is 19.7. The van der Waals surface area contributed by atoms with Crippen molar-refractivity contribution >= 4 is 34.8 Å². The first-order valence-electron chi connectivity index (χ1n) is 8.39. The van der Waals surface area contributed by atoms with E-state index in [1.807, 2.05) is 60.7 Å². The van der Waals surface area contributed by atoms with Gasteiger partial charge >= 0.3 is 0 Å². The minimum atomic E-state index is -0.447. The molecular weight excluding hydrogens is 395 g/mol. The van der Waals surface area contributed by atoms with Gasteiger partial charge in [-0.1, -0.05) is 78.1 Å². The van der Waals surface area contributed by atoms with Crippen molar-refractivity contribution in [1.82, 2.24) is 4.98 Å². The van der Waals surface area contributed by atoms with E-state index in [1.165, 1.54) is 29.5 Å². The first-order valence-corrected chi connectivity index (χ1v) is 9.21. The van der Waals surface area contributed by atoms with Crippen molar-refractivity contribution in [2.24, 2.45) is 0 Å². The number of carbonyl (C=O) groups is 1. The second-order valence-corrected chi connectivity index (χ2v) is 6.89. The molecule has 28 heavy (non-hydrogen) atoms. The highest BCUT2D eigenvalue weighted by Crippen LogP contribution is 2.39. The minimum absolute atomic E-state index is 0. The number of rotatable bonds is 4. The largest absolute Gasteiger partial charge is 0.298 e. The topological polar surface area (TPSA) is 42.0 Å². The lowest BCUT2D eigenvalue weighted by Gasteiger charge is -2.02. The van der Waals surface area contributed by atoms with Gasteiger partial charge in [-0.05, 0) is 23.8 Å². The molecule has 3 aromatic carbocycles. The van der Waals surface area contributed by atoms with E-state index < -0.39 is 5.82 Å². The summed E-state index contributed by atoms with van der Waals surface area (Å²) in [6.07, 6.45) is 0. The average molecular weight is 411 g/mol. The summed E-state index contributed by atoms with van der Waals surface area (Å²) in [6.45, 7) is 0. The lowest BCUT2D eigenvalue weighted by Crippen LogP contribution is -2.11. The maximum absolute atomic E-state index is 13.4. The van der Waals surface area contributed by atoms with Gasteiger partial charge < -0.3 is 0 Å². The number of hydrogen-bond donors (Lipinski definition) is 1. The van der Waals surface area contributed by atoms with E-state index in [1.54, 1.807) is 6.07 Å². The van der Waals surface area contributed by atoms with Gasteiger partial charge in [0.05, 0.1) is 10.6 Å². The third-order valence-electron chi connectivity index (χ3n) is 4.02. The van der Waals surface area contributed by atoms with E-state index in [2.05, 4.69) is 10.3 Å². The van der Waals surface area contributed by atoms with E-state index in [0.29, 0.717) is 5.13 Å². The van der Waals surface area contributed by atoms with Crippen molar-refractivity contribution in [1.29, 1.82) is 0 Å². The Morgan fingerprint density at radius 1 is 0.857 bits per heavy atom. The summed E-state index contributed by atoms with van der Waals surface area (Å²) in [5.41, 5.74) is 3.06. The number of hydrogen-bond acceptors (Lipinski definition) is 3. The van der Waals surface area contributed by atoms with Crippen molar-refractivity contribution in [3.05, 3.63) is 96.3 Å². The van der Waals surface area contributed by atoms with E-state index in [0.717, 1.165) is 21.7 Å². The number of benzene rings is 3. The monoisotopic (exact) mass is 410 g/mol. The van der Waals surface area contributed by atoms with Gasteiger partial charge in [-0.2, -0.15) is 0 Å². The Morgan fingerprint density at radius 3 is 2.14 bits per heavy atom. The zero-order valence-corrected chi connectivity index (χ0v) is 16.3. The third-order valence-corrected chi connectivity index (χ3v) is 5.04. The first-order chi connectivity index (χ1) is 13.2. The predicted octanol–water partition coefficient (Wildman–Crippen LogP) is 6.29. The zero-order chi connectivity index (χ0) is 18.6. The molecule has 0 radical (unpaired) electrons. The number of carbonyl (C=O) groups excluding carboxylic acids is 1. The van der Waals surface area contributed by atoms with Gasteiger partial charge in [0.15, 0.2) is 5.13 Å². The Bertz CT molecular complexity index is 1030. The molecule has 1 heterocycles. The molecule has 1 amide bonds. The Labute approximate surface area is 172 Å². The molecule has 0 saturated heterocycles. The second-order valence-electron chi connectivity index (χ2n) is 5.89. The van der Waals surface area contributed by atoms with Crippen LogP contribution in [0.4, 0.5) is 9.52 Å². The van der Waals surface area contributed by atoms with E-state index >= 15 is 0 Å². The molecule has 0 aliphatic rings. The summed E-state index contributed by atoms with van der Waals surface area (Å²) >= 11 is 1.40. The van der Waals surface area contributed by atoms with Gasteiger partial charge in [0.25, 0.3) is 5.91 Å². The van der Waals surface area contributed by atoms with Crippen molar-refractivity contribution in [3.8, 4) is 21.7 Å². The van der Waals surface area contributed by atoms with E-state index in [9.17, 15) is 9.18 Å². The Hall–Kier alpha value is -3.02. The molecule has 1 aromatic heterocycles. The van der Waals surface area contributed by atoms with Gasteiger partial charge in [-0.15, -0.1) is 12.4 Å². The molecule has 6 heteroatoms. The van der Waals surface area contributed by atoms with Crippen molar-refractivity contribution < 1.29 is 9.18 Å². The van der Waals surface area contributed by atoms with Gasteiger partial charge in [0.1, 0.15) is 5.82 Å². The highest BCUT2D eigenvalue weighted by molar-refractivity contribution is 7.19. The molecule has 0 atom stereocenters. The molecule has 0 unspecified atom stereocenters. The van der Waals surface area contributed by atoms with Gasteiger partial charge in [0.2, 0.25) is 0 Å². The number of halogens is 2. The Balaban J connectivity index is 0.00000225. The number of anilines is 1. The molecule has 4 rings (SSSR count). The highest BCUT2D eigenvalue weighted by atomic mass is 35.5. The summed E-state index contributed by atoms with van der Waals surface area (Å²) in [5, 5.41) is 3.26. The molecule has 0 bridgehead atoms. The van der Waals surface area contributed by atoms with Crippen LogP contribution in [0.5, 0.6) is 0 Å². The summed E-state index contributed by atoms with van der Waals surface area (Å²) in [5.74, 6) is -0.834. The van der Waals surface area contributed by atoms with Crippen LogP contribution in [0, 0.1) is 5.82 Å². The summed E-state index contributed by atoms with van der Waals surface area (Å²) in [4.78, 5) is 18.1. The van der Waals surface area contributed by atoms with Crippen LogP contribution in [-0.4, -0.2) is 10.9 Å². The molecule has 140 valence electrons. The number of amides is 1. The quantitative estimate of drug-likeness (QED) is 0.429. The summed E-state index contributed by atoms with van der Waals surface area (Å²) in [7, 11) is 0.